The van der Waals surface area contributed by atoms with Gasteiger partial charge < -0.3 is 17.1 Å². The first-order chi connectivity index (χ1) is 4.83. The predicted molar refractivity (Wildman–Crippen MR) is 42.3 cm³/mol. The summed E-state index contributed by atoms with van der Waals surface area (Å²) in [6.45, 7) is 6.46. The Labute approximate surface area is 92.7 Å². The maximum atomic E-state index is 5.23. The summed E-state index contributed by atoms with van der Waals surface area (Å²) in [5.74, 6) is 0. The van der Waals surface area contributed by atoms with Crippen LogP contribution in [0.15, 0.2) is 36.5 Å². The molecule has 1 radical (unpaired) electrons. The van der Waals surface area contributed by atoms with Gasteiger partial charge >= 0.3 is 0 Å². The van der Waals surface area contributed by atoms with E-state index in [9.17, 15) is 0 Å². The van der Waals surface area contributed by atoms with Gasteiger partial charge in [0.1, 0.15) is 6.10 Å². The molecule has 0 aromatic heterocycles. The molecule has 0 aliphatic heterocycles. The van der Waals surface area contributed by atoms with Crippen LogP contribution in [0.3, 0.4) is 0 Å². The van der Waals surface area contributed by atoms with Gasteiger partial charge in [-0.3, -0.25) is 0 Å². The van der Waals surface area contributed by atoms with Gasteiger partial charge in [0.05, 0.1) is 0 Å². The Morgan fingerprint density at radius 2 is 1.75 bits per heavy atom. The van der Waals surface area contributed by atoms with Crippen molar-refractivity contribution < 1.29 is 36.6 Å². The minimum atomic E-state index is 0. The zero-order valence-electron chi connectivity index (χ0n) is 7.22. The summed E-state index contributed by atoms with van der Waals surface area (Å²) in [5, 5.41) is 0. The fraction of sp³-hybridized carbons (Fsp3) is 0.222. The molecule has 0 aromatic rings. The summed E-state index contributed by atoms with van der Waals surface area (Å²) in [6.07, 6.45) is 8.63. The smallest absolute Gasteiger partial charge is 0.141 e. The summed E-state index contributed by atoms with van der Waals surface area (Å²) in [4.78, 5) is 0. The Morgan fingerprint density at radius 1 is 1.25 bits per heavy atom. The maximum Gasteiger partial charge on any atom is 0.141 e. The van der Waals surface area contributed by atoms with Gasteiger partial charge in [0.15, 0.2) is 0 Å². The Kier molecular flexibility index (Phi) is 9.41. The second-order valence-electron chi connectivity index (χ2n) is 2.08. The van der Waals surface area contributed by atoms with Crippen LogP contribution in [0.5, 0.6) is 0 Å². The van der Waals surface area contributed by atoms with Crippen LogP contribution in [0.4, 0.5) is 0 Å². The molecule has 0 saturated heterocycles. The van der Waals surface area contributed by atoms with Crippen LogP contribution in [-0.2, 0) is 24.2 Å². The molecule has 0 aromatic carbocycles. The van der Waals surface area contributed by atoms with Crippen molar-refractivity contribution in [3.05, 3.63) is 42.6 Å². The molecule has 1 aliphatic carbocycles. The van der Waals surface area contributed by atoms with Gasteiger partial charge in [0, 0.05) is 26.1 Å². The fourth-order valence-electron chi connectivity index (χ4n) is 0.752. The molecule has 3 heteroatoms. The van der Waals surface area contributed by atoms with E-state index < -0.39 is 0 Å². The summed E-state index contributed by atoms with van der Waals surface area (Å²) < 4.78 is 5.23. The van der Waals surface area contributed by atoms with Crippen molar-refractivity contribution >= 4 is 0 Å². The third-order valence-electron chi connectivity index (χ3n) is 1.23. The number of hydrogen-bond donors (Lipinski definition) is 0. The van der Waals surface area contributed by atoms with E-state index in [1.54, 1.807) is 0 Å². The van der Waals surface area contributed by atoms with Gasteiger partial charge in [-0.1, -0.05) is 18.7 Å². The minimum absolute atomic E-state index is 0. The average molecular weight is 236 g/mol. The van der Waals surface area contributed by atoms with Gasteiger partial charge in [0.25, 0.3) is 0 Å². The van der Waals surface area contributed by atoms with E-state index in [2.05, 4.69) is 6.58 Å². The van der Waals surface area contributed by atoms with Gasteiger partial charge in [0.2, 0.25) is 0 Å². The molecule has 0 bridgehead atoms. The Balaban J connectivity index is 0. The monoisotopic (exact) mass is 234 g/mol. The van der Waals surface area contributed by atoms with Crippen molar-refractivity contribution in [3.63, 3.8) is 0 Å². The van der Waals surface area contributed by atoms with Gasteiger partial charge in [-0.2, -0.15) is 0 Å². The normalized spacial score (nSPS) is 15.2. The van der Waals surface area contributed by atoms with Crippen LogP contribution >= 0.6 is 0 Å². The molecule has 1 rings (SSSR count). The first kappa shape index (κ1) is 14.6. The molecule has 0 spiro atoms. The maximum absolute atomic E-state index is 5.23. The standard InChI is InChI=1S/C9H11O.ClH.Zn/c1-3-10-9-6-4-8(2)5-7-9;;/h4-7H,2-3H2,1H3;1H;/p-1. The molecule has 1 aliphatic rings. The van der Waals surface area contributed by atoms with E-state index >= 15 is 0 Å². The topological polar surface area (TPSA) is 9.23 Å². The molecule has 1 nitrogen and oxygen atoms in total. The number of ether oxygens (including phenoxy) is 1. The van der Waals surface area contributed by atoms with Gasteiger partial charge in [-0.25, -0.2) is 0 Å². The molecule has 63 valence electrons. The van der Waals surface area contributed by atoms with Crippen molar-refractivity contribution in [2.24, 2.45) is 0 Å². The molecule has 0 amide bonds. The zero-order chi connectivity index (χ0) is 7.40. The molecular formula is C9H11ClOZn-. The number of allylic oxidation sites excluding steroid dienone is 3. The molecular weight excluding hydrogens is 225 g/mol. The summed E-state index contributed by atoms with van der Waals surface area (Å²) in [6, 6.07) is 0. The summed E-state index contributed by atoms with van der Waals surface area (Å²) in [5.41, 5.74) is 1.02. The largest absolute Gasteiger partial charge is 1.00 e. The Bertz CT molecular complexity index is 171. The summed E-state index contributed by atoms with van der Waals surface area (Å²) in [7, 11) is 0. The molecule has 0 fully saturated rings. The molecule has 0 saturated carbocycles. The fourth-order valence-corrected chi connectivity index (χ4v) is 0.752. The van der Waals surface area contributed by atoms with Gasteiger partial charge in [-0.05, 0) is 24.6 Å². The zero-order valence-corrected chi connectivity index (χ0v) is 10.9. The van der Waals surface area contributed by atoms with Crippen molar-refractivity contribution in [2.75, 3.05) is 6.61 Å². The van der Waals surface area contributed by atoms with E-state index in [0.717, 1.165) is 18.3 Å². The van der Waals surface area contributed by atoms with Crippen molar-refractivity contribution in [3.8, 4) is 0 Å². The van der Waals surface area contributed by atoms with Crippen LogP contribution in [0.2, 0.25) is 0 Å². The first-order valence-corrected chi connectivity index (χ1v) is 3.37. The summed E-state index contributed by atoms with van der Waals surface area (Å²) >= 11 is 0. The number of rotatable bonds is 2. The van der Waals surface area contributed by atoms with E-state index in [1.807, 2.05) is 31.2 Å². The third-order valence-corrected chi connectivity index (χ3v) is 1.23. The van der Waals surface area contributed by atoms with Crippen molar-refractivity contribution in [1.29, 1.82) is 0 Å². The van der Waals surface area contributed by atoms with Crippen LogP contribution in [0, 0.1) is 6.10 Å². The average Bonchev–Trinajstić information content (AvgIpc) is 1.95. The number of halogens is 1. The Morgan fingerprint density at radius 3 is 2.17 bits per heavy atom. The minimum Gasteiger partial charge on any atom is -1.00 e. The van der Waals surface area contributed by atoms with Crippen molar-refractivity contribution in [2.45, 2.75) is 6.92 Å². The van der Waals surface area contributed by atoms with E-state index in [0.29, 0.717) is 0 Å². The Hall–Kier alpha value is 0.0934. The first-order valence-electron chi connectivity index (χ1n) is 3.37. The predicted octanol–water partition coefficient (Wildman–Crippen LogP) is -0.761. The van der Waals surface area contributed by atoms with Crippen LogP contribution in [0.25, 0.3) is 0 Å². The van der Waals surface area contributed by atoms with E-state index in [1.165, 1.54) is 0 Å². The quantitative estimate of drug-likeness (QED) is 0.572. The second-order valence-corrected chi connectivity index (χ2v) is 2.08. The van der Waals surface area contributed by atoms with Crippen molar-refractivity contribution in [1.82, 2.24) is 0 Å². The second kappa shape index (κ2) is 7.73. The molecule has 12 heavy (non-hydrogen) atoms. The van der Waals surface area contributed by atoms with Gasteiger partial charge in [-0.15, -0.1) is 0 Å². The SMILES string of the molecule is C=C1C=C[C](OCC)C=C1.[Cl-].[Zn]. The third kappa shape index (κ3) is 4.87. The van der Waals surface area contributed by atoms with Crippen LogP contribution < -0.4 is 12.4 Å². The molecule has 0 N–H and O–H groups in total. The van der Waals surface area contributed by atoms with Crippen LogP contribution in [-0.4, -0.2) is 6.61 Å². The molecule has 0 heterocycles. The van der Waals surface area contributed by atoms with E-state index in [4.69, 9.17) is 4.74 Å². The van der Waals surface area contributed by atoms with E-state index in [-0.39, 0.29) is 31.9 Å². The molecule has 0 atom stereocenters. The molecule has 0 unspecified atom stereocenters. The number of hydrogen-bond acceptors (Lipinski definition) is 1. The van der Waals surface area contributed by atoms with Crippen LogP contribution in [0.1, 0.15) is 6.92 Å².